The van der Waals surface area contributed by atoms with Gasteiger partial charge in [-0.25, -0.2) is 5.06 Å². The van der Waals surface area contributed by atoms with Crippen LogP contribution in [0.15, 0.2) is 24.4 Å². The molecule has 0 fully saturated rings. The van der Waals surface area contributed by atoms with Crippen LogP contribution in [0.5, 0.6) is 0 Å². The van der Waals surface area contributed by atoms with Crippen molar-refractivity contribution in [2.75, 3.05) is 6.54 Å². The first-order chi connectivity index (χ1) is 5.08. The van der Waals surface area contributed by atoms with Gasteiger partial charge in [0, 0.05) is 6.20 Å². The van der Waals surface area contributed by atoms with Crippen LogP contribution in [-0.2, 0) is 4.84 Å². The summed E-state index contributed by atoms with van der Waals surface area (Å²) in [7, 11) is 0. The van der Waals surface area contributed by atoms with E-state index in [1.54, 1.807) is 12.2 Å². The van der Waals surface area contributed by atoms with Crippen molar-refractivity contribution in [2.45, 2.75) is 6.36 Å². The summed E-state index contributed by atoms with van der Waals surface area (Å²) in [5.74, 6) is 0. The van der Waals surface area contributed by atoms with Gasteiger partial charge in [-0.2, -0.15) is 4.84 Å². The van der Waals surface area contributed by atoms with Crippen LogP contribution >= 0.6 is 0 Å². The number of rotatable bonds is 1. The van der Waals surface area contributed by atoms with Gasteiger partial charge in [0.25, 0.3) is 0 Å². The van der Waals surface area contributed by atoms with Gasteiger partial charge < -0.3 is 0 Å². The van der Waals surface area contributed by atoms with Crippen molar-refractivity contribution in [2.24, 2.45) is 0 Å². The van der Waals surface area contributed by atoms with Crippen LogP contribution in [0, 0.1) is 0 Å². The van der Waals surface area contributed by atoms with Gasteiger partial charge in [-0.05, 0) is 6.08 Å². The minimum absolute atomic E-state index is 0.121. The van der Waals surface area contributed by atoms with Crippen LogP contribution in [-0.4, -0.2) is 18.0 Å². The molecule has 0 aromatic carbocycles. The van der Waals surface area contributed by atoms with Crippen LogP contribution in [0.4, 0.5) is 13.2 Å². The average Bonchev–Trinajstić information content (AvgIpc) is 1.85. The SMILES string of the molecule is FC(F)(F)ON1C=CC=CC1. The third-order valence-corrected chi connectivity index (χ3v) is 1.01. The highest BCUT2D eigenvalue weighted by Gasteiger charge is 2.32. The standard InChI is InChI=1S/C6H6F3NO/c7-6(8,9)11-10-4-2-1-3-5-10/h1-4H,5H2. The first kappa shape index (κ1) is 8.13. The molecule has 11 heavy (non-hydrogen) atoms. The molecule has 2 nitrogen and oxygen atoms in total. The molecule has 0 bridgehead atoms. The third kappa shape index (κ3) is 3.08. The predicted molar refractivity (Wildman–Crippen MR) is 32.1 cm³/mol. The molecule has 1 rings (SSSR count). The van der Waals surface area contributed by atoms with Crippen molar-refractivity contribution in [1.29, 1.82) is 0 Å². The lowest BCUT2D eigenvalue weighted by molar-refractivity contribution is -0.400. The Bertz CT molecular complexity index is 185. The Hall–Kier alpha value is -0.970. The van der Waals surface area contributed by atoms with E-state index in [9.17, 15) is 13.2 Å². The minimum atomic E-state index is -4.60. The van der Waals surface area contributed by atoms with E-state index in [1.165, 1.54) is 12.3 Å². The van der Waals surface area contributed by atoms with Crippen molar-refractivity contribution >= 4 is 0 Å². The number of halogens is 3. The van der Waals surface area contributed by atoms with Crippen LogP contribution in [0.2, 0.25) is 0 Å². The van der Waals surface area contributed by atoms with Gasteiger partial charge in [0.2, 0.25) is 0 Å². The lowest BCUT2D eigenvalue weighted by atomic mass is 10.4. The number of hydroxylamine groups is 2. The van der Waals surface area contributed by atoms with Gasteiger partial charge in [0.1, 0.15) is 0 Å². The molecule has 1 heterocycles. The van der Waals surface area contributed by atoms with Crippen molar-refractivity contribution in [1.82, 2.24) is 5.06 Å². The fourth-order valence-corrected chi connectivity index (χ4v) is 0.651. The van der Waals surface area contributed by atoms with Crippen molar-refractivity contribution in [3.05, 3.63) is 24.4 Å². The summed E-state index contributed by atoms with van der Waals surface area (Å²) < 4.78 is 34.6. The lowest BCUT2D eigenvalue weighted by Gasteiger charge is -2.20. The molecule has 0 radical (unpaired) electrons. The maximum atomic E-state index is 11.5. The second kappa shape index (κ2) is 2.96. The Labute approximate surface area is 61.5 Å². The highest BCUT2D eigenvalue weighted by atomic mass is 19.4. The van der Waals surface area contributed by atoms with E-state index < -0.39 is 6.36 Å². The molecule has 0 aromatic heterocycles. The molecule has 0 saturated heterocycles. The zero-order valence-corrected chi connectivity index (χ0v) is 5.51. The summed E-state index contributed by atoms with van der Waals surface area (Å²) in [5.41, 5.74) is 0. The van der Waals surface area contributed by atoms with E-state index >= 15 is 0 Å². The van der Waals surface area contributed by atoms with E-state index in [0.29, 0.717) is 5.06 Å². The quantitative estimate of drug-likeness (QED) is 0.587. The molecule has 0 aliphatic carbocycles. The minimum Gasteiger partial charge on any atom is -0.249 e. The van der Waals surface area contributed by atoms with Crippen LogP contribution in [0.3, 0.4) is 0 Å². The van der Waals surface area contributed by atoms with Crippen LogP contribution in [0.25, 0.3) is 0 Å². The molecule has 0 saturated carbocycles. The molecule has 5 heteroatoms. The molecule has 0 aromatic rings. The zero-order chi connectivity index (χ0) is 8.32. The first-order valence-electron chi connectivity index (χ1n) is 2.94. The van der Waals surface area contributed by atoms with Gasteiger partial charge in [-0.15, -0.1) is 13.2 Å². The fraction of sp³-hybridized carbons (Fsp3) is 0.333. The van der Waals surface area contributed by atoms with Crippen LogP contribution in [0.1, 0.15) is 0 Å². The third-order valence-electron chi connectivity index (χ3n) is 1.01. The summed E-state index contributed by atoms with van der Waals surface area (Å²) in [6.45, 7) is 0.121. The molecule has 0 unspecified atom stereocenters. The van der Waals surface area contributed by atoms with Gasteiger partial charge in [-0.3, -0.25) is 0 Å². The van der Waals surface area contributed by atoms with Crippen molar-refractivity contribution in [3.63, 3.8) is 0 Å². The normalized spacial score (nSPS) is 17.5. The topological polar surface area (TPSA) is 12.5 Å². The van der Waals surface area contributed by atoms with Crippen LogP contribution < -0.4 is 0 Å². The summed E-state index contributed by atoms with van der Waals surface area (Å²) in [6, 6.07) is 0. The lowest BCUT2D eigenvalue weighted by Crippen LogP contribution is -2.28. The summed E-state index contributed by atoms with van der Waals surface area (Å²) in [5, 5.41) is 0.708. The Morgan fingerprint density at radius 3 is 2.45 bits per heavy atom. The second-order valence-corrected chi connectivity index (χ2v) is 1.91. The Morgan fingerprint density at radius 1 is 1.27 bits per heavy atom. The monoisotopic (exact) mass is 165 g/mol. The second-order valence-electron chi connectivity index (χ2n) is 1.91. The number of allylic oxidation sites excluding steroid dienone is 2. The van der Waals surface area contributed by atoms with E-state index in [4.69, 9.17) is 0 Å². The summed E-state index contributed by atoms with van der Waals surface area (Å²) >= 11 is 0. The zero-order valence-electron chi connectivity index (χ0n) is 5.51. The Balaban J connectivity index is 2.39. The number of hydrogen-bond donors (Lipinski definition) is 0. The highest BCUT2D eigenvalue weighted by Crippen LogP contribution is 2.19. The van der Waals surface area contributed by atoms with Crippen molar-refractivity contribution < 1.29 is 18.0 Å². The molecule has 62 valence electrons. The van der Waals surface area contributed by atoms with E-state index in [0.717, 1.165) is 0 Å². The van der Waals surface area contributed by atoms with Crippen molar-refractivity contribution in [3.8, 4) is 0 Å². The van der Waals surface area contributed by atoms with Gasteiger partial charge in [-0.1, -0.05) is 12.2 Å². The molecule has 0 spiro atoms. The molecule has 1 aliphatic rings. The number of alkyl halides is 3. The summed E-state index contributed by atoms with van der Waals surface area (Å²) in [4.78, 5) is 3.57. The van der Waals surface area contributed by atoms with Gasteiger partial charge in [0.15, 0.2) is 0 Å². The average molecular weight is 165 g/mol. The maximum Gasteiger partial charge on any atom is 0.544 e. The molecule has 0 N–H and O–H groups in total. The molecule has 0 atom stereocenters. The Kier molecular flexibility index (Phi) is 2.19. The molecule has 0 amide bonds. The predicted octanol–water partition coefficient (Wildman–Crippen LogP) is 1.82. The largest absolute Gasteiger partial charge is 0.544 e. The van der Waals surface area contributed by atoms with E-state index in [1.807, 2.05) is 0 Å². The van der Waals surface area contributed by atoms with Gasteiger partial charge >= 0.3 is 6.36 Å². The van der Waals surface area contributed by atoms with E-state index in [-0.39, 0.29) is 6.54 Å². The number of nitrogens with zero attached hydrogens (tertiary/aromatic N) is 1. The smallest absolute Gasteiger partial charge is 0.249 e. The maximum absolute atomic E-state index is 11.5. The van der Waals surface area contributed by atoms with E-state index in [2.05, 4.69) is 4.84 Å². The molecule has 1 aliphatic heterocycles. The fourth-order valence-electron chi connectivity index (χ4n) is 0.651. The molecular formula is C6H6F3NO. The molecular weight excluding hydrogens is 159 g/mol. The first-order valence-corrected chi connectivity index (χ1v) is 2.94. The Morgan fingerprint density at radius 2 is 2.00 bits per heavy atom. The number of hydrogen-bond acceptors (Lipinski definition) is 2. The highest BCUT2D eigenvalue weighted by molar-refractivity contribution is 5.06. The van der Waals surface area contributed by atoms with Gasteiger partial charge in [0.05, 0.1) is 6.54 Å². The summed E-state index contributed by atoms with van der Waals surface area (Å²) in [6.07, 6.45) is 1.29.